The maximum Gasteiger partial charge on any atom is 0.411 e. The molecule has 2 N–H and O–H groups in total. The molecule has 1 aliphatic rings. The van der Waals surface area contributed by atoms with Crippen LogP contribution in [0.2, 0.25) is 0 Å². The van der Waals surface area contributed by atoms with E-state index in [4.69, 9.17) is 4.74 Å². The Kier molecular flexibility index (Phi) is 6.87. The van der Waals surface area contributed by atoms with Crippen LogP contribution >= 0.6 is 0 Å². The fraction of sp³-hybridized carbons (Fsp3) is 0.192. The van der Waals surface area contributed by atoms with Crippen molar-refractivity contribution in [1.82, 2.24) is 10.2 Å². The number of hydrogen-bond acceptors (Lipinski definition) is 4. The van der Waals surface area contributed by atoms with Crippen LogP contribution < -0.4 is 10.6 Å². The number of amides is 3. The Morgan fingerprint density at radius 3 is 2.35 bits per heavy atom. The Bertz CT molecular complexity index is 1180. The molecule has 0 spiro atoms. The van der Waals surface area contributed by atoms with E-state index in [0.29, 0.717) is 16.8 Å². The molecule has 3 aromatic carbocycles. The highest BCUT2D eigenvalue weighted by Crippen LogP contribution is 2.34. The van der Waals surface area contributed by atoms with Crippen molar-refractivity contribution in [3.8, 4) is 0 Å². The zero-order valence-corrected chi connectivity index (χ0v) is 18.5. The first-order valence-corrected chi connectivity index (χ1v) is 10.8. The Balaban J connectivity index is 1.60. The number of hydrogen-bond donors (Lipinski definition) is 2. The molecule has 1 fully saturated rings. The molecule has 0 bridgehead atoms. The number of carbonyl (C=O) groups excluding carboxylic acids is 3. The SMILES string of the molecule is CC(=O)Nc1ccc([C@H]2OC(=O)N(Cc3cccc(F)c3)[C@@H]2C(=O)NCc2ccccc2)cc1. The van der Waals surface area contributed by atoms with Gasteiger partial charge in [-0.2, -0.15) is 0 Å². The van der Waals surface area contributed by atoms with Crippen molar-refractivity contribution in [3.63, 3.8) is 0 Å². The summed E-state index contributed by atoms with van der Waals surface area (Å²) in [5, 5.41) is 5.56. The Morgan fingerprint density at radius 2 is 1.68 bits per heavy atom. The van der Waals surface area contributed by atoms with Gasteiger partial charge in [0.15, 0.2) is 12.1 Å². The predicted octanol–water partition coefficient (Wildman–Crippen LogP) is 4.16. The number of carbonyl (C=O) groups is 3. The van der Waals surface area contributed by atoms with Gasteiger partial charge in [-0.05, 0) is 41.0 Å². The Hall–Kier alpha value is -4.20. The van der Waals surface area contributed by atoms with E-state index < -0.39 is 24.1 Å². The lowest BCUT2D eigenvalue weighted by Gasteiger charge is -2.24. The first-order valence-electron chi connectivity index (χ1n) is 10.8. The van der Waals surface area contributed by atoms with E-state index in [2.05, 4.69) is 10.6 Å². The van der Waals surface area contributed by atoms with Gasteiger partial charge in [-0.25, -0.2) is 9.18 Å². The van der Waals surface area contributed by atoms with Gasteiger partial charge in [0.25, 0.3) is 0 Å². The number of benzene rings is 3. The van der Waals surface area contributed by atoms with Gasteiger partial charge in [-0.1, -0.05) is 54.6 Å². The van der Waals surface area contributed by atoms with Gasteiger partial charge in [0.05, 0.1) is 6.54 Å². The van der Waals surface area contributed by atoms with Gasteiger partial charge < -0.3 is 15.4 Å². The van der Waals surface area contributed by atoms with Crippen LogP contribution in [0.3, 0.4) is 0 Å². The summed E-state index contributed by atoms with van der Waals surface area (Å²) in [5.41, 5.74) is 2.64. The van der Waals surface area contributed by atoms with E-state index in [1.807, 2.05) is 30.3 Å². The van der Waals surface area contributed by atoms with E-state index in [1.54, 1.807) is 36.4 Å². The molecule has 7 nitrogen and oxygen atoms in total. The summed E-state index contributed by atoms with van der Waals surface area (Å²) in [4.78, 5) is 38.7. The summed E-state index contributed by atoms with van der Waals surface area (Å²) in [7, 11) is 0. The van der Waals surface area contributed by atoms with Crippen LogP contribution in [0.4, 0.5) is 14.9 Å². The summed E-state index contributed by atoms with van der Waals surface area (Å²) in [5.74, 6) is -1.03. The van der Waals surface area contributed by atoms with Gasteiger partial charge in [-0.15, -0.1) is 0 Å². The van der Waals surface area contributed by atoms with Crippen molar-refractivity contribution in [1.29, 1.82) is 0 Å². The molecule has 1 aliphatic heterocycles. The van der Waals surface area contributed by atoms with E-state index in [9.17, 15) is 18.8 Å². The molecule has 8 heteroatoms. The summed E-state index contributed by atoms with van der Waals surface area (Å²) in [6, 6.07) is 21.1. The minimum absolute atomic E-state index is 0.0144. The number of ether oxygens (including phenoxy) is 1. The third kappa shape index (κ3) is 5.40. The summed E-state index contributed by atoms with van der Waals surface area (Å²) in [6.45, 7) is 1.71. The maximum atomic E-state index is 13.7. The number of rotatable bonds is 7. The highest BCUT2D eigenvalue weighted by molar-refractivity contribution is 5.90. The van der Waals surface area contributed by atoms with E-state index in [1.165, 1.54) is 24.0 Å². The van der Waals surface area contributed by atoms with Crippen molar-refractivity contribution in [3.05, 3.63) is 101 Å². The normalized spacial score (nSPS) is 17.2. The number of nitrogens with zero attached hydrogens (tertiary/aromatic N) is 1. The molecule has 1 heterocycles. The van der Waals surface area contributed by atoms with Crippen molar-refractivity contribution in [2.75, 3.05) is 5.32 Å². The minimum atomic E-state index is -0.967. The second-order valence-electron chi connectivity index (χ2n) is 8.01. The van der Waals surface area contributed by atoms with Crippen LogP contribution in [0.15, 0.2) is 78.9 Å². The third-order valence-corrected chi connectivity index (χ3v) is 5.46. The summed E-state index contributed by atoms with van der Waals surface area (Å²) >= 11 is 0. The summed E-state index contributed by atoms with van der Waals surface area (Å²) in [6.07, 6.45) is -1.54. The molecule has 1 saturated heterocycles. The molecule has 0 unspecified atom stereocenters. The van der Waals surface area contributed by atoms with Gasteiger partial charge in [0.1, 0.15) is 5.82 Å². The second-order valence-corrected chi connectivity index (χ2v) is 8.01. The molecular weight excluding hydrogens is 437 g/mol. The predicted molar refractivity (Wildman–Crippen MR) is 124 cm³/mol. The van der Waals surface area contributed by atoms with Crippen LogP contribution in [0.25, 0.3) is 0 Å². The van der Waals surface area contributed by atoms with Crippen LogP contribution in [-0.4, -0.2) is 28.8 Å². The zero-order chi connectivity index (χ0) is 24.1. The van der Waals surface area contributed by atoms with Crippen molar-refractivity contribution < 1.29 is 23.5 Å². The molecule has 4 rings (SSSR count). The van der Waals surface area contributed by atoms with E-state index in [0.717, 1.165) is 5.56 Å². The molecule has 2 atom stereocenters. The van der Waals surface area contributed by atoms with Crippen LogP contribution in [0.1, 0.15) is 29.7 Å². The van der Waals surface area contributed by atoms with Crippen molar-refractivity contribution >= 4 is 23.6 Å². The first kappa shape index (κ1) is 23.0. The van der Waals surface area contributed by atoms with Gasteiger partial charge in [0.2, 0.25) is 11.8 Å². The topological polar surface area (TPSA) is 87.7 Å². The smallest absolute Gasteiger partial charge is 0.411 e. The lowest BCUT2D eigenvalue weighted by Crippen LogP contribution is -2.46. The van der Waals surface area contributed by atoms with E-state index in [-0.39, 0.29) is 24.9 Å². The maximum absolute atomic E-state index is 13.7. The molecule has 0 aliphatic carbocycles. The highest BCUT2D eigenvalue weighted by atomic mass is 19.1. The average molecular weight is 461 g/mol. The third-order valence-electron chi connectivity index (χ3n) is 5.46. The lowest BCUT2D eigenvalue weighted by atomic mass is 10.00. The quantitative estimate of drug-likeness (QED) is 0.553. The van der Waals surface area contributed by atoms with Crippen LogP contribution in [0, 0.1) is 5.82 Å². The second kappa shape index (κ2) is 10.2. The van der Waals surface area contributed by atoms with Crippen molar-refractivity contribution in [2.45, 2.75) is 32.2 Å². The van der Waals surface area contributed by atoms with Gasteiger partial charge in [0, 0.05) is 19.2 Å². The standard InChI is InChI=1S/C26H24FN3O4/c1-17(31)29-22-12-10-20(11-13-22)24-23(25(32)28-15-18-6-3-2-4-7-18)30(26(33)34-24)16-19-8-5-9-21(27)14-19/h2-14,23-24H,15-16H2,1H3,(H,28,32)(H,29,31)/t23-,24+/m0/s1. The zero-order valence-electron chi connectivity index (χ0n) is 18.5. The fourth-order valence-corrected chi connectivity index (χ4v) is 3.89. The monoisotopic (exact) mass is 461 g/mol. The molecule has 3 amide bonds. The van der Waals surface area contributed by atoms with E-state index >= 15 is 0 Å². The minimum Gasteiger partial charge on any atom is -0.438 e. The molecule has 0 radical (unpaired) electrons. The molecule has 174 valence electrons. The summed E-state index contributed by atoms with van der Waals surface area (Å²) < 4.78 is 19.3. The fourth-order valence-electron chi connectivity index (χ4n) is 3.89. The number of halogens is 1. The molecule has 34 heavy (non-hydrogen) atoms. The number of nitrogens with one attached hydrogen (secondary N) is 2. The largest absolute Gasteiger partial charge is 0.438 e. The number of cyclic esters (lactones) is 1. The molecule has 3 aromatic rings. The molecule has 0 saturated carbocycles. The average Bonchev–Trinajstić information content (AvgIpc) is 3.14. The van der Waals surface area contributed by atoms with Crippen molar-refractivity contribution in [2.24, 2.45) is 0 Å². The Labute approximate surface area is 196 Å². The lowest BCUT2D eigenvalue weighted by molar-refractivity contribution is -0.126. The molecule has 0 aromatic heterocycles. The Morgan fingerprint density at radius 1 is 0.971 bits per heavy atom. The highest BCUT2D eigenvalue weighted by Gasteiger charge is 2.46. The first-order chi connectivity index (χ1) is 16.4. The van der Waals surface area contributed by atoms with Gasteiger partial charge >= 0.3 is 6.09 Å². The van der Waals surface area contributed by atoms with Crippen LogP contribution in [-0.2, 0) is 27.4 Å². The van der Waals surface area contributed by atoms with Gasteiger partial charge in [-0.3, -0.25) is 14.5 Å². The number of anilines is 1. The molecular formula is C26H24FN3O4. The van der Waals surface area contributed by atoms with Crippen LogP contribution in [0.5, 0.6) is 0 Å².